The molecule has 0 unspecified atom stereocenters. The third-order valence-corrected chi connectivity index (χ3v) is 6.44. The van der Waals surface area contributed by atoms with Crippen molar-refractivity contribution in [2.24, 2.45) is 5.73 Å². The first-order valence-corrected chi connectivity index (χ1v) is 10.5. The molecule has 1 aromatic carbocycles. The lowest BCUT2D eigenvalue weighted by Gasteiger charge is -2.08. The monoisotopic (exact) mass is 403 g/mol. The summed E-state index contributed by atoms with van der Waals surface area (Å²) in [5.74, 6) is -0.434. The second-order valence-corrected chi connectivity index (χ2v) is 8.70. The van der Waals surface area contributed by atoms with Gasteiger partial charge in [0, 0.05) is 15.2 Å². The molecule has 0 spiro atoms. The molecule has 3 rings (SSSR count). The zero-order valence-corrected chi connectivity index (χ0v) is 16.5. The van der Waals surface area contributed by atoms with Gasteiger partial charge in [0.1, 0.15) is 0 Å². The SMILES string of the molecule is Cc1nc(-c2ccc(CNC(=O)c3ccccc3SCC(N)=O)s2)cs1. The third-order valence-electron chi connectivity index (χ3n) is 3.46. The minimum Gasteiger partial charge on any atom is -0.369 e. The number of hydrogen-bond acceptors (Lipinski definition) is 6. The van der Waals surface area contributed by atoms with Crippen molar-refractivity contribution >= 4 is 46.2 Å². The van der Waals surface area contributed by atoms with Crippen molar-refractivity contribution in [1.29, 1.82) is 0 Å². The topological polar surface area (TPSA) is 85.1 Å². The van der Waals surface area contributed by atoms with Crippen molar-refractivity contribution in [3.8, 4) is 10.6 Å². The lowest BCUT2D eigenvalue weighted by atomic mass is 10.2. The molecular formula is C18H17N3O2S3. The predicted molar refractivity (Wildman–Crippen MR) is 108 cm³/mol. The van der Waals surface area contributed by atoms with Crippen LogP contribution in [0.3, 0.4) is 0 Å². The fraction of sp³-hybridized carbons (Fsp3) is 0.167. The van der Waals surface area contributed by atoms with Crippen LogP contribution in [0.1, 0.15) is 20.2 Å². The van der Waals surface area contributed by atoms with Crippen LogP contribution < -0.4 is 11.1 Å². The van der Waals surface area contributed by atoms with E-state index >= 15 is 0 Å². The highest BCUT2D eigenvalue weighted by molar-refractivity contribution is 8.00. The molecule has 134 valence electrons. The summed E-state index contributed by atoms with van der Waals surface area (Å²) < 4.78 is 0. The Kier molecular flexibility index (Phi) is 6.08. The number of hydrogen-bond donors (Lipinski definition) is 2. The van der Waals surface area contributed by atoms with Crippen LogP contribution in [-0.4, -0.2) is 22.6 Å². The van der Waals surface area contributed by atoms with Crippen molar-refractivity contribution in [3.05, 3.63) is 57.2 Å². The number of nitrogens with zero attached hydrogens (tertiary/aromatic N) is 1. The minimum absolute atomic E-state index is 0.144. The smallest absolute Gasteiger partial charge is 0.252 e. The Bertz CT molecular complexity index is 933. The summed E-state index contributed by atoms with van der Waals surface area (Å²) in [6, 6.07) is 11.2. The van der Waals surface area contributed by atoms with Gasteiger partial charge < -0.3 is 11.1 Å². The van der Waals surface area contributed by atoms with Gasteiger partial charge in [0.05, 0.1) is 33.4 Å². The summed E-state index contributed by atoms with van der Waals surface area (Å²) in [6.07, 6.45) is 0. The Balaban J connectivity index is 1.64. The number of thioether (sulfide) groups is 1. The fourth-order valence-corrected chi connectivity index (χ4v) is 4.66. The van der Waals surface area contributed by atoms with Crippen LogP contribution in [0.25, 0.3) is 10.6 Å². The van der Waals surface area contributed by atoms with E-state index < -0.39 is 5.91 Å². The lowest BCUT2D eigenvalue weighted by molar-refractivity contribution is -0.115. The summed E-state index contributed by atoms with van der Waals surface area (Å²) >= 11 is 4.51. The molecule has 3 aromatic rings. The van der Waals surface area contributed by atoms with Gasteiger partial charge in [-0.1, -0.05) is 12.1 Å². The number of amides is 2. The van der Waals surface area contributed by atoms with Crippen LogP contribution in [0.15, 0.2) is 46.7 Å². The number of carbonyl (C=O) groups excluding carboxylic acids is 2. The molecule has 8 heteroatoms. The summed E-state index contributed by atoms with van der Waals surface area (Å²) in [5, 5.41) is 6.01. The summed E-state index contributed by atoms with van der Waals surface area (Å²) in [7, 11) is 0. The van der Waals surface area contributed by atoms with Crippen LogP contribution in [0.5, 0.6) is 0 Å². The molecule has 0 saturated carbocycles. The maximum absolute atomic E-state index is 12.5. The highest BCUT2D eigenvalue weighted by Gasteiger charge is 2.13. The second kappa shape index (κ2) is 8.48. The van der Waals surface area contributed by atoms with E-state index in [4.69, 9.17) is 5.73 Å². The van der Waals surface area contributed by atoms with Gasteiger partial charge in [-0.25, -0.2) is 4.98 Å². The molecule has 0 saturated heterocycles. The number of aromatic nitrogens is 1. The maximum atomic E-state index is 12.5. The van der Waals surface area contributed by atoms with Gasteiger partial charge in [-0.2, -0.15) is 0 Å². The van der Waals surface area contributed by atoms with Gasteiger partial charge in [-0.15, -0.1) is 34.4 Å². The van der Waals surface area contributed by atoms with Crippen LogP contribution in [0.2, 0.25) is 0 Å². The molecular weight excluding hydrogens is 386 g/mol. The summed E-state index contributed by atoms with van der Waals surface area (Å²) in [4.78, 5) is 30.9. The van der Waals surface area contributed by atoms with Crippen LogP contribution in [0.4, 0.5) is 0 Å². The number of primary amides is 1. The van der Waals surface area contributed by atoms with Crippen molar-refractivity contribution < 1.29 is 9.59 Å². The molecule has 2 heterocycles. The van der Waals surface area contributed by atoms with Crippen molar-refractivity contribution in [2.45, 2.75) is 18.4 Å². The predicted octanol–water partition coefficient (Wildman–Crippen LogP) is 3.69. The molecule has 0 radical (unpaired) electrons. The van der Waals surface area contributed by atoms with Crippen molar-refractivity contribution in [3.63, 3.8) is 0 Å². The Labute approximate surface area is 163 Å². The normalized spacial score (nSPS) is 10.7. The summed E-state index contributed by atoms with van der Waals surface area (Å²) in [6.45, 7) is 2.43. The lowest BCUT2D eigenvalue weighted by Crippen LogP contribution is -2.23. The van der Waals surface area contributed by atoms with E-state index in [1.165, 1.54) is 11.8 Å². The van der Waals surface area contributed by atoms with Gasteiger partial charge in [0.2, 0.25) is 5.91 Å². The van der Waals surface area contributed by atoms with Gasteiger partial charge >= 0.3 is 0 Å². The summed E-state index contributed by atoms with van der Waals surface area (Å²) in [5.41, 5.74) is 6.71. The van der Waals surface area contributed by atoms with E-state index in [2.05, 4.69) is 10.3 Å². The van der Waals surface area contributed by atoms with E-state index in [-0.39, 0.29) is 11.7 Å². The first-order chi connectivity index (χ1) is 12.5. The van der Waals surface area contributed by atoms with E-state index in [0.717, 1.165) is 25.4 Å². The number of benzene rings is 1. The zero-order chi connectivity index (χ0) is 18.5. The molecule has 3 N–H and O–H groups in total. The standard InChI is InChI=1S/C18H17N3O2S3/c1-11-21-14(9-24-11)16-7-6-12(26-16)8-20-18(23)13-4-2-3-5-15(13)25-10-17(19)22/h2-7,9H,8,10H2,1H3,(H2,19,22)(H,20,23). The van der Waals surface area contributed by atoms with Crippen LogP contribution in [-0.2, 0) is 11.3 Å². The number of thiophene rings is 1. The molecule has 0 aliphatic carbocycles. The molecule has 5 nitrogen and oxygen atoms in total. The van der Waals surface area contributed by atoms with E-state index in [0.29, 0.717) is 12.1 Å². The molecule has 26 heavy (non-hydrogen) atoms. The number of rotatable bonds is 7. The number of nitrogens with two attached hydrogens (primary N) is 1. The van der Waals surface area contributed by atoms with E-state index in [1.54, 1.807) is 34.8 Å². The van der Waals surface area contributed by atoms with E-state index in [9.17, 15) is 9.59 Å². The number of nitrogens with one attached hydrogen (secondary N) is 1. The average molecular weight is 404 g/mol. The minimum atomic E-state index is -0.409. The van der Waals surface area contributed by atoms with Crippen molar-refractivity contribution in [2.75, 3.05) is 5.75 Å². The molecule has 2 amide bonds. The highest BCUT2D eigenvalue weighted by Crippen LogP contribution is 2.29. The third kappa shape index (κ3) is 4.72. The number of thiazole rings is 1. The molecule has 0 aliphatic rings. The quantitative estimate of drug-likeness (QED) is 0.589. The largest absolute Gasteiger partial charge is 0.369 e. The fourth-order valence-electron chi connectivity index (χ4n) is 2.28. The van der Waals surface area contributed by atoms with Gasteiger partial charge in [-0.05, 0) is 31.2 Å². The van der Waals surface area contributed by atoms with Crippen LogP contribution in [0, 0.1) is 6.92 Å². The first-order valence-electron chi connectivity index (χ1n) is 7.82. The van der Waals surface area contributed by atoms with E-state index in [1.807, 2.05) is 36.6 Å². The Morgan fingerprint density at radius 1 is 1.23 bits per heavy atom. The van der Waals surface area contributed by atoms with Crippen molar-refractivity contribution in [1.82, 2.24) is 10.3 Å². The maximum Gasteiger partial charge on any atom is 0.252 e. The van der Waals surface area contributed by atoms with Crippen LogP contribution >= 0.6 is 34.4 Å². The molecule has 0 bridgehead atoms. The molecule has 0 aliphatic heterocycles. The molecule has 0 fully saturated rings. The molecule has 0 atom stereocenters. The average Bonchev–Trinajstić information content (AvgIpc) is 3.27. The highest BCUT2D eigenvalue weighted by atomic mass is 32.2. The van der Waals surface area contributed by atoms with Gasteiger partial charge in [-0.3, -0.25) is 9.59 Å². The second-order valence-electron chi connectivity index (χ2n) is 5.45. The Hall–Kier alpha value is -2.16. The Morgan fingerprint density at radius 3 is 2.77 bits per heavy atom. The van der Waals surface area contributed by atoms with Gasteiger partial charge in [0.15, 0.2) is 0 Å². The number of carbonyl (C=O) groups is 2. The Morgan fingerprint density at radius 2 is 2.04 bits per heavy atom. The first kappa shape index (κ1) is 18.6. The van der Waals surface area contributed by atoms with Gasteiger partial charge in [0.25, 0.3) is 5.91 Å². The number of aryl methyl sites for hydroxylation is 1. The zero-order valence-electron chi connectivity index (χ0n) is 14.0. The molecule has 2 aromatic heterocycles.